The highest BCUT2D eigenvalue weighted by Crippen LogP contribution is 2.16. The van der Waals surface area contributed by atoms with Crippen molar-refractivity contribution in [2.75, 3.05) is 0 Å². The van der Waals surface area contributed by atoms with E-state index in [0.717, 1.165) is 23.8 Å². The first-order chi connectivity index (χ1) is 7.70. The van der Waals surface area contributed by atoms with Crippen LogP contribution in [0.1, 0.15) is 63.3 Å². The molecule has 0 atom stereocenters. The smallest absolute Gasteiger partial charge is 0.131 e. The average molecular weight is 235 g/mol. The lowest BCUT2D eigenvalue weighted by molar-refractivity contribution is 0.422. The molecule has 0 aliphatic heterocycles. The van der Waals surface area contributed by atoms with Gasteiger partial charge in [0.15, 0.2) is 0 Å². The molecular weight excluding hydrogens is 210 g/mol. The molecule has 17 heavy (non-hydrogen) atoms. The molecule has 1 aromatic heterocycles. The lowest BCUT2D eigenvalue weighted by Crippen LogP contribution is -2.35. The van der Waals surface area contributed by atoms with Crippen molar-refractivity contribution in [3.8, 4) is 0 Å². The fourth-order valence-electron chi connectivity index (χ4n) is 1.63. The molecule has 0 saturated carbocycles. The van der Waals surface area contributed by atoms with E-state index in [1.54, 1.807) is 0 Å². The third-order valence-electron chi connectivity index (χ3n) is 2.75. The molecule has 1 rings (SSSR count). The second-order valence-corrected chi connectivity index (χ2v) is 5.99. The van der Waals surface area contributed by atoms with Crippen LogP contribution in [0.25, 0.3) is 0 Å². The molecule has 0 aliphatic carbocycles. The molecule has 0 aliphatic rings. The molecule has 1 heterocycles. The van der Waals surface area contributed by atoms with Crippen LogP contribution in [0.4, 0.5) is 0 Å². The molecule has 1 aromatic rings. The van der Waals surface area contributed by atoms with Crippen molar-refractivity contribution in [3.63, 3.8) is 0 Å². The zero-order chi connectivity index (χ0) is 13.2. The Morgan fingerprint density at radius 3 is 1.88 bits per heavy atom. The lowest BCUT2D eigenvalue weighted by atomic mass is 10.1. The Kier molecular flexibility index (Phi) is 4.26. The van der Waals surface area contributed by atoms with Crippen molar-refractivity contribution in [3.05, 3.63) is 22.8 Å². The highest BCUT2D eigenvalue weighted by Gasteiger charge is 2.14. The van der Waals surface area contributed by atoms with Gasteiger partial charge >= 0.3 is 0 Å². The minimum absolute atomic E-state index is 0.121. The van der Waals surface area contributed by atoms with Gasteiger partial charge < -0.3 is 5.32 Å². The Balaban J connectivity index is 2.94. The Morgan fingerprint density at radius 1 is 1.06 bits per heavy atom. The summed E-state index contributed by atoms with van der Waals surface area (Å²) in [5, 5.41) is 3.49. The number of nitrogens with zero attached hydrogens (tertiary/aromatic N) is 2. The predicted octanol–water partition coefficient (Wildman–Crippen LogP) is 3.10. The fourth-order valence-corrected chi connectivity index (χ4v) is 1.63. The van der Waals surface area contributed by atoms with Gasteiger partial charge in [0.1, 0.15) is 5.82 Å². The van der Waals surface area contributed by atoms with E-state index in [9.17, 15) is 0 Å². The molecule has 0 fully saturated rings. The normalized spacial score (nSPS) is 12.2. The molecular formula is C14H25N3. The van der Waals surface area contributed by atoms with Crippen molar-refractivity contribution in [2.24, 2.45) is 0 Å². The van der Waals surface area contributed by atoms with Crippen LogP contribution in [0, 0.1) is 13.8 Å². The van der Waals surface area contributed by atoms with Crippen LogP contribution in [0.3, 0.4) is 0 Å². The van der Waals surface area contributed by atoms with E-state index in [-0.39, 0.29) is 5.54 Å². The second-order valence-electron chi connectivity index (χ2n) is 5.99. The van der Waals surface area contributed by atoms with Gasteiger partial charge in [0.2, 0.25) is 0 Å². The number of hydrogen-bond acceptors (Lipinski definition) is 3. The molecule has 3 nitrogen and oxygen atoms in total. The summed E-state index contributed by atoms with van der Waals surface area (Å²) in [7, 11) is 0. The monoisotopic (exact) mass is 235 g/mol. The van der Waals surface area contributed by atoms with E-state index in [1.165, 1.54) is 5.56 Å². The Bertz CT molecular complexity index is 366. The molecule has 3 heteroatoms. The van der Waals surface area contributed by atoms with Gasteiger partial charge in [-0.3, -0.25) is 0 Å². The Morgan fingerprint density at radius 2 is 1.53 bits per heavy atom. The zero-order valence-corrected chi connectivity index (χ0v) is 12.2. The van der Waals surface area contributed by atoms with Gasteiger partial charge in [-0.25, -0.2) is 9.97 Å². The van der Waals surface area contributed by atoms with Gasteiger partial charge in [-0.2, -0.15) is 0 Å². The van der Waals surface area contributed by atoms with Gasteiger partial charge in [-0.1, -0.05) is 13.8 Å². The summed E-state index contributed by atoms with van der Waals surface area (Å²) < 4.78 is 0. The van der Waals surface area contributed by atoms with E-state index in [4.69, 9.17) is 0 Å². The van der Waals surface area contributed by atoms with E-state index >= 15 is 0 Å². The van der Waals surface area contributed by atoms with Crippen LogP contribution in [0.15, 0.2) is 0 Å². The first kappa shape index (κ1) is 14.1. The summed E-state index contributed by atoms with van der Waals surface area (Å²) in [5.41, 5.74) is 3.54. The second kappa shape index (κ2) is 5.13. The van der Waals surface area contributed by atoms with Crippen molar-refractivity contribution >= 4 is 0 Å². The third kappa shape index (κ3) is 4.08. The molecule has 0 aromatic carbocycles. The maximum atomic E-state index is 4.58. The molecule has 0 unspecified atom stereocenters. The SMILES string of the molecule is Cc1nc(C(C)C)nc(C)c1CNC(C)(C)C. The van der Waals surface area contributed by atoms with Crippen LogP contribution < -0.4 is 5.32 Å². The summed E-state index contributed by atoms with van der Waals surface area (Å²) in [6.45, 7) is 15.7. The van der Waals surface area contributed by atoms with Crippen LogP contribution in [0.2, 0.25) is 0 Å². The highest BCUT2D eigenvalue weighted by molar-refractivity contribution is 5.25. The topological polar surface area (TPSA) is 37.8 Å². The summed E-state index contributed by atoms with van der Waals surface area (Å²) in [5.74, 6) is 1.33. The van der Waals surface area contributed by atoms with Crippen LogP contribution >= 0.6 is 0 Å². The minimum atomic E-state index is 0.121. The molecule has 0 spiro atoms. The standard InChI is InChI=1S/C14H25N3/c1-9(2)13-16-10(3)12(11(4)17-13)8-15-14(5,6)7/h9,15H,8H2,1-7H3. The van der Waals surface area contributed by atoms with Crippen molar-refractivity contribution in [1.29, 1.82) is 0 Å². The predicted molar refractivity (Wildman–Crippen MR) is 72.2 cm³/mol. The minimum Gasteiger partial charge on any atom is -0.308 e. The summed E-state index contributed by atoms with van der Waals surface area (Å²) in [6, 6.07) is 0. The van der Waals surface area contributed by atoms with E-state index in [1.807, 2.05) is 0 Å². The number of aryl methyl sites for hydroxylation is 2. The highest BCUT2D eigenvalue weighted by atomic mass is 15.0. The average Bonchev–Trinajstić information content (AvgIpc) is 2.14. The number of aromatic nitrogens is 2. The van der Waals surface area contributed by atoms with Crippen molar-refractivity contribution in [1.82, 2.24) is 15.3 Å². The number of nitrogens with one attached hydrogen (secondary N) is 1. The summed E-state index contributed by atoms with van der Waals surface area (Å²) in [4.78, 5) is 9.17. The van der Waals surface area contributed by atoms with Crippen LogP contribution in [-0.4, -0.2) is 15.5 Å². The summed E-state index contributed by atoms with van der Waals surface area (Å²) >= 11 is 0. The molecule has 0 bridgehead atoms. The molecule has 1 N–H and O–H groups in total. The maximum Gasteiger partial charge on any atom is 0.131 e. The third-order valence-corrected chi connectivity index (χ3v) is 2.75. The van der Waals surface area contributed by atoms with Crippen LogP contribution in [-0.2, 0) is 6.54 Å². The fraction of sp³-hybridized carbons (Fsp3) is 0.714. The quantitative estimate of drug-likeness (QED) is 0.874. The Hall–Kier alpha value is -0.960. The number of hydrogen-bond donors (Lipinski definition) is 1. The molecule has 96 valence electrons. The van der Waals surface area contributed by atoms with E-state index < -0.39 is 0 Å². The van der Waals surface area contributed by atoms with Gasteiger partial charge in [0.05, 0.1) is 0 Å². The van der Waals surface area contributed by atoms with Crippen LogP contribution in [0.5, 0.6) is 0 Å². The van der Waals surface area contributed by atoms with Gasteiger partial charge in [0.25, 0.3) is 0 Å². The van der Waals surface area contributed by atoms with Gasteiger partial charge in [0, 0.05) is 35.0 Å². The first-order valence-corrected chi connectivity index (χ1v) is 6.29. The van der Waals surface area contributed by atoms with E-state index in [2.05, 4.69) is 63.8 Å². The Labute approximate surface area is 105 Å². The van der Waals surface area contributed by atoms with Crippen molar-refractivity contribution in [2.45, 2.75) is 66.5 Å². The van der Waals surface area contributed by atoms with Crippen molar-refractivity contribution < 1.29 is 0 Å². The lowest BCUT2D eigenvalue weighted by Gasteiger charge is -2.22. The molecule has 0 saturated heterocycles. The maximum absolute atomic E-state index is 4.58. The summed E-state index contributed by atoms with van der Waals surface area (Å²) in [6.07, 6.45) is 0. The van der Waals surface area contributed by atoms with Gasteiger partial charge in [-0.05, 0) is 34.6 Å². The van der Waals surface area contributed by atoms with Gasteiger partial charge in [-0.15, -0.1) is 0 Å². The molecule has 0 amide bonds. The zero-order valence-electron chi connectivity index (χ0n) is 12.2. The first-order valence-electron chi connectivity index (χ1n) is 6.29. The van der Waals surface area contributed by atoms with E-state index in [0.29, 0.717) is 5.92 Å². The number of rotatable bonds is 3. The largest absolute Gasteiger partial charge is 0.308 e. The molecule has 0 radical (unpaired) electrons.